The first-order valence-corrected chi connectivity index (χ1v) is 4.99. The van der Waals surface area contributed by atoms with Gasteiger partial charge < -0.3 is 9.84 Å². The third kappa shape index (κ3) is 2.71. The van der Waals surface area contributed by atoms with Gasteiger partial charge in [-0.1, -0.05) is 0 Å². The molecule has 0 aromatic heterocycles. The van der Waals surface area contributed by atoms with E-state index in [0.29, 0.717) is 0 Å². The van der Waals surface area contributed by atoms with Crippen molar-refractivity contribution in [1.82, 2.24) is 4.90 Å². The third-order valence-electron chi connectivity index (χ3n) is 2.12. The number of carbonyl (C=O) groups is 3. The molecule has 0 bridgehead atoms. The van der Waals surface area contributed by atoms with Crippen molar-refractivity contribution in [1.29, 1.82) is 0 Å². The summed E-state index contributed by atoms with van der Waals surface area (Å²) >= 11 is 0. The van der Waals surface area contributed by atoms with Gasteiger partial charge in [0.05, 0.1) is 0 Å². The molecule has 6 nitrogen and oxygen atoms in total. The molecule has 6 heteroatoms. The SMILES string of the molecule is CC(C)(C)OC(=O)N1CC[C@@H](C(=O)O)C1=O. The minimum Gasteiger partial charge on any atom is -0.481 e. The van der Waals surface area contributed by atoms with Crippen LogP contribution in [0.4, 0.5) is 4.79 Å². The average molecular weight is 229 g/mol. The van der Waals surface area contributed by atoms with Gasteiger partial charge in [-0.05, 0) is 27.2 Å². The van der Waals surface area contributed by atoms with Crippen LogP contribution in [0.1, 0.15) is 27.2 Å². The highest BCUT2D eigenvalue weighted by atomic mass is 16.6. The minimum atomic E-state index is -1.20. The summed E-state index contributed by atoms with van der Waals surface area (Å²) < 4.78 is 4.99. The number of ether oxygens (including phenoxy) is 1. The molecule has 0 unspecified atom stereocenters. The lowest BCUT2D eigenvalue weighted by atomic mass is 10.1. The second kappa shape index (κ2) is 4.11. The molecule has 1 heterocycles. The molecule has 1 saturated heterocycles. The number of imide groups is 1. The van der Waals surface area contributed by atoms with Crippen molar-refractivity contribution in [2.24, 2.45) is 5.92 Å². The van der Waals surface area contributed by atoms with Crippen LogP contribution in [-0.4, -0.2) is 40.1 Å². The van der Waals surface area contributed by atoms with Crippen molar-refractivity contribution in [3.8, 4) is 0 Å². The monoisotopic (exact) mass is 229 g/mol. The van der Waals surface area contributed by atoms with Crippen molar-refractivity contribution in [3.63, 3.8) is 0 Å². The van der Waals surface area contributed by atoms with Crippen LogP contribution in [0.3, 0.4) is 0 Å². The molecule has 0 aliphatic carbocycles. The zero-order chi connectivity index (χ0) is 12.5. The predicted octanol–water partition coefficient (Wildman–Crippen LogP) is 0.855. The Balaban J connectivity index is 2.67. The summed E-state index contributed by atoms with van der Waals surface area (Å²) in [7, 11) is 0. The number of rotatable bonds is 1. The zero-order valence-corrected chi connectivity index (χ0v) is 9.52. The van der Waals surface area contributed by atoms with Crippen molar-refractivity contribution >= 4 is 18.0 Å². The number of amides is 2. The Morgan fingerprint density at radius 1 is 1.44 bits per heavy atom. The molecule has 16 heavy (non-hydrogen) atoms. The number of likely N-dealkylation sites (tertiary alicyclic amines) is 1. The number of hydrogen-bond donors (Lipinski definition) is 1. The molecule has 1 rings (SSSR count). The summed E-state index contributed by atoms with van der Waals surface area (Å²) in [5.41, 5.74) is -0.696. The highest BCUT2D eigenvalue weighted by Crippen LogP contribution is 2.20. The molecule has 1 N–H and O–H groups in total. The van der Waals surface area contributed by atoms with Crippen LogP contribution in [0.2, 0.25) is 0 Å². The fourth-order valence-electron chi connectivity index (χ4n) is 1.41. The van der Waals surface area contributed by atoms with Crippen LogP contribution in [0.25, 0.3) is 0 Å². The number of carbonyl (C=O) groups excluding carboxylic acids is 2. The smallest absolute Gasteiger partial charge is 0.417 e. The van der Waals surface area contributed by atoms with Crippen molar-refractivity contribution in [2.75, 3.05) is 6.54 Å². The lowest BCUT2D eigenvalue weighted by molar-refractivity contribution is -0.147. The van der Waals surface area contributed by atoms with Crippen molar-refractivity contribution in [2.45, 2.75) is 32.8 Å². The minimum absolute atomic E-state index is 0.102. The van der Waals surface area contributed by atoms with Gasteiger partial charge in [0.25, 0.3) is 0 Å². The van der Waals surface area contributed by atoms with Gasteiger partial charge in [-0.25, -0.2) is 9.69 Å². The Labute approximate surface area is 93.2 Å². The summed E-state index contributed by atoms with van der Waals surface area (Å²) in [5, 5.41) is 8.72. The molecule has 1 aliphatic rings. The number of carboxylic acids is 1. The summed E-state index contributed by atoms with van der Waals surface area (Å²) in [6.07, 6.45) is -0.630. The van der Waals surface area contributed by atoms with Gasteiger partial charge in [-0.2, -0.15) is 0 Å². The van der Waals surface area contributed by atoms with E-state index in [9.17, 15) is 14.4 Å². The highest BCUT2D eigenvalue weighted by Gasteiger charge is 2.41. The van der Waals surface area contributed by atoms with Crippen LogP contribution in [0, 0.1) is 5.92 Å². The number of hydrogen-bond acceptors (Lipinski definition) is 4. The molecule has 2 amide bonds. The lowest BCUT2D eigenvalue weighted by Crippen LogP contribution is -2.39. The van der Waals surface area contributed by atoms with Crippen molar-refractivity contribution in [3.05, 3.63) is 0 Å². The van der Waals surface area contributed by atoms with E-state index in [-0.39, 0.29) is 13.0 Å². The first-order chi connectivity index (χ1) is 7.22. The summed E-state index contributed by atoms with van der Waals surface area (Å²) in [6, 6.07) is 0. The van der Waals surface area contributed by atoms with Gasteiger partial charge in [-0.3, -0.25) is 9.59 Å². The number of aliphatic carboxylic acids is 1. The van der Waals surface area contributed by atoms with E-state index in [1.54, 1.807) is 20.8 Å². The molecular formula is C10H15NO5. The molecule has 1 fully saturated rings. The standard InChI is InChI=1S/C10H15NO5/c1-10(2,3)16-9(15)11-5-4-6(7(11)12)8(13)14/h6H,4-5H2,1-3H3,(H,13,14)/t6-/m1/s1. The second-order valence-corrected chi connectivity index (χ2v) is 4.65. The maximum absolute atomic E-state index is 11.5. The van der Waals surface area contributed by atoms with Gasteiger partial charge in [-0.15, -0.1) is 0 Å². The molecule has 90 valence electrons. The van der Waals surface area contributed by atoms with Gasteiger partial charge >= 0.3 is 12.1 Å². The fourth-order valence-corrected chi connectivity index (χ4v) is 1.41. The Bertz CT molecular complexity index is 331. The van der Waals surface area contributed by atoms with Crippen LogP contribution in [-0.2, 0) is 14.3 Å². The van der Waals surface area contributed by atoms with Crippen molar-refractivity contribution < 1.29 is 24.2 Å². The Kier molecular flexibility index (Phi) is 3.21. The van der Waals surface area contributed by atoms with Crippen LogP contribution >= 0.6 is 0 Å². The Morgan fingerprint density at radius 2 is 2.00 bits per heavy atom. The van der Waals surface area contributed by atoms with Crippen LogP contribution in [0.15, 0.2) is 0 Å². The van der Waals surface area contributed by atoms with Gasteiger partial charge in [0.2, 0.25) is 5.91 Å². The first-order valence-electron chi connectivity index (χ1n) is 4.99. The second-order valence-electron chi connectivity index (χ2n) is 4.65. The summed E-state index contributed by atoms with van der Waals surface area (Å²) in [4.78, 5) is 34.6. The highest BCUT2D eigenvalue weighted by molar-refractivity contribution is 6.04. The molecular weight excluding hydrogens is 214 g/mol. The van der Waals surface area contributed by atoms with E-state index in [1.807, 2.05) is 0 Å². The largest absolute Gasteiger partial charge is 0.481 e. The molecule has 1 aliphatic heterocycles. The summed E-state index contributed by atoms with van der Waals surface area (Å²) in [5.74, 6) is -3.01. The van der Waals surface area contributed by atoms with E-state index < -0.39 is 29.5 Å². The molecule has 0 spiro atoms. The van der Waals surface area contributed by atoms with E-state index in [2.05, 4.69) is 0 Å². The van der Waals surface area contributed by atoms with E-state index in [4.69, 9.17) is 9.84 Å². The normalized spacial score (nSPS) is 21.1. The summed E-state index contributed by atoms with van der Waals surface area (Å²) in [6.45, 7) is 5.14. The quantitative estimate of drug-likeness (QED) is 0.674. The number of carboxylic acid groups (broad SMARTS) is 1. The van der Waals surface area contributed by atoms with E-state index in [1.165, 1.54) is 0 Å². The first kappa shape index (κ1) is 12.5. The molecule has 0 aromatic rings. The van der Waals surface area contributed by atoms with Gasteiger partial charge in [0.15, 0.2) is 0 Å². The molecule has 0 saturated carbocycles. The maximum Gasteiger partial charge on any atom is 0.417 e. The third-order valence-corrected chi connectivity index (χ3v) is 2.12. The maximum atomic E-state index is 11.5. The van der Waals surface area contributed by atoms with Crippen LogP contribution < -0.4 is 0 Å². The molecule has 0 aromatic carbocycles. The fraction of sp³-hybridized carbons (Fsp3) is 0.700. The van der Waals surface area contributed by atoms with Gasteiger partial charge in [0, 0.05) is 6.54 Å². The molecule has 0 radical (unpaired) electrons. The van der Waals surface area contributed by atoms with Gasteiger partial charge in [0.1, 0.15) is 11.5 Å². The van der Waals surface area contributed by atoms with E-state index in [0.717, 1.165) is 4.90 Å². The lowest BCUT2D eigenvalue weighted by Gasteiger charge is -2.23. The Hall–Kier alpha value is -1.59. The number of nitrogens with zero attached hydrogens (tertiary/aromatic N) is 1. The zero-order valence-electron chi connectivity index (χ0n) is 9.52. The molecule has 1 atom stereocenters. The predicted molar refractivity (Wildman–Crippen MR) is 53.7 cm³/mol. The van der Waals surface area contributed by atoms with Crippen LogP contribution in [0.5, 0.6) is 0 Å². The topological polar surface area (TPSA) is 83.9 Å². The average Bonchev–Trinajstić information content (AvgIpc) is 2.43. The van der Waals surface area contributed by atoms with E-state index >= 15 is 0 Å². The Morgan fingerprint density at radius 3 is 2.38 bits per heavy atom.